The largest absolute Gasteiger partial charge is 0.366 e. The molecular weight excluding hydrogens is 292 g/mol. The van der Waals surface area contributed by atoms with Crippen LogP contribution in [0.5, 0.6) is 0 Å². The number of nitrogens with zero attached hydrogens (tertiary/aromatic N) is 2. The average Bonchev–Trinajstić information content (AvgIpc) is 2.47. The number of fused-ring (bicyclic) bond motifs is 1. The number of rotatable bonds is 3. The normalized spacial score (nSPS) is 11.4. The molecule has 21 heavy (non-hydrogen) atoms. The molecule has 0 spiro atoms. The fourth-order valence-electron chi connectivity index (χ4n) is 1.85. The fourth-order valence-corrected chi connectivity index (χ4v) is 2.95. The van der Waals surface area contributed by atoms with Crippen molar-refractivity contribution in [2.45, 2.75) is 4.90 Å². The molecule has 0 atom stereocenters. The summed E-state index contributed by atoms with van der Waals surface area (Å²) in [5.74, 6) is 0. The summed E-state index contributed by atoms with van der Waals surface area (Å²) < 4.78 is 26.7. The first-order valence-corrected chi connectivity index (χ1v) is 7.45. The molecule has 0 amide bonds. The number of benzene rings is 1. The molecule has 0 aliphatic rings. The molecule has 0 unspecified atom stereocenters. The number of hydrogen-bond donors (Lipinski definition) is 2. The van der Waals surface area contributed by atoms with Crippen molar-refractivity contribution in [1.29, 1.82) is 0 Å². The van der Waals surface area contributed by atoms with E-state index in [0.717, 1.165) is 12.3 Å². The van der Waals surface area contributed by atoms with E-state index < -0.39 is 15.5 Å². The van der Waals surface area contributed by atoms with Gasteiger partial charge in [-0.05, 0) is 18.2 Å². The van der Waals surface area contributed by atoms with Gasteiger partial charge in [0.25, 0.3) is 10.0 Å². The molecule has 0 fully saturated rings. The molecule has 0 aliphatic carbocycles. The highest BCUT2D eigenvalue weighted by Crippen LogP contribution is 2.17. The topological polar surface area (TPSA) is 105 Å². The summed E-state index contributed by atoms with van der Waals surface area (Å²) in [6, 6.07) is 5.92. The van der Waals surface area contributed by atoms with Gasteiger partial charge in [-0.1, -0.05) is 0 Å². The Labute approximate surface area is 119 Å². The molecule has 8 heteroatoms. The SMILES string of the molecule is O=c1cc[nH]cc1S(=O)(=O)Nc1ccc2nccnc2c1. The third-order valence-corrected chi connectivity index (χ3v) is 4.20. The minimum atomic E-state index is -3.95. The first-order chi connectivity index (χ1) is 10.1. The van der Waals surface area contributed by atoms with E-state index in [0.29, 0.717) is 16.7 Å². The number of anilines is 1. The number of H-pyrrole nitrogens is 1. The van der Waals surface area contributed by atoms with Gasteiger partial charge >= 0.3 is 0 Å². The van der Waals surface area contributed by atoms with E-state index in [4.69, 9.17) is 0 Å². The molecule has 0 aliphatic heterocycles. The number of aromatic amines is 1. The Kier molecular flexibility index (Phi) is 3.15. The first kappa shape index (κ1) is 13.3. The summed E-state index contributed by atoms with van der Waals surface area (Å²) >= 11 is 0. The quantitative estimate of drug-likeness (QED) is 0.754. The van der Waals surface area contributed by atoms with Gasteiger partial charge in [-0.2, -0.15) is 0 Å². The monoisotopic (exact) mass is 302 g/mol. The third kappa shape index (κ3) is 2.61. The first-order valence-electron chi connectivity index (χ1n) is 5.97. The van der Waals surface area contributed by atoms with Crippen LogP contribution in [0.15, 0.2) is 58.7 Å². The van der Waals surface area contributed by atoms with Crippen molar-refractivity contribution in [2.75, 3.05) is 4.72 Å². The van der Waals surface area contributed by atoms with Crippen molar-refractivity contribution in [3.63, 3.8) is 0 Å². The lowest BCUT2D eigenvalue weighted by atomic mass is 10.3. The van der Waals surface area contributed by atoms with Gasteiger partial charge in [0.05, 0.1) is 16.7 Å². The lowest BCUT2D eigenvalue weighted by molar-refractivity contribution is 0.600. The van der Waals surface area contributed by atoms with Gasteiger partial charge in [-0.15, -0.1) is 0 Å². The highest BCUT2D eigenvalue weighted by molar-refractivity contribution is 7.92. The van der Waals surface area contributed by atoms with Crippen LogP contribution in [0.2, 0.25) is 0 Å². The van der Waals surface area contributed by atoms with E-state index in [1.165, 1.54) is 12.4 Å². The Balaban J connectivity index is 2.01. The fraction of sp³-hybridized carbons (Fsp3) is 0. The van der Waals surface area contributed by atoms with Crippen molar-refractivity contribution < 1.29 is 8.42 Å². The van der Waals surface area contributed by atoms with Crippen molar-refractivity contribution in [3.8, 4) is 0 Å². The summed E-state index contributed by atoms with van der Waals surface area (Å²) in [6.07, 6.45) is 5.58. The number of aromatic nitrogens is 3. The zero-order chi connectivity index (χ0) is 14.9. The molecule has 2 heterocycles. The predicted octanol–water partition coefficient (Wildman–Crippen LogP) is 1.12. The van der Waals surface area contributed by atoms with Gasteiger partial charge < -0.3 is 4.98 Å². The molecule has 3 rings (SSSR count). The molecule has 2 N–H and O–H groups in total. The molecule has 3 aromatic rings. The molecule has 2 aromatic heterocycles. The molecule has 106 valence electrons. The van der Waals surface area contributed by atoms with E-state index in [1.54, 1.807) is 24.4 Å². The van der Waals surface area contributed by atoms with Crippen LogP contribution >= 0.6 is 0 Å². The second-order valence-electron chi connectivity index (χ2n) is 4.24. The Morgan fingerprint density at radius 1 is 1.05 bits per heavy atom. The van der Waals surface area contributed by atoms with Crippen LogP contribution in [-0.2, 0) is 10.0 Å². The van der Waals surface area contributed by atoms with Crippen LogP contribution in [0, 0.1) is 0 Å². The Bertz CT molecular complexity index is 966. The minimum Gasteiger partial charge on any atom is -0.366 e. The molecule has 0 saturated heterocycles. The molecule has 7 nitrogen and oxygen atoms in total. The Morgan fingerprint density at radius 3 is 2.57 bits per heavy atom. The molecule has 0 bridgehead atoms. The molecule has 1 aromatic carbocycles. The van der Waals surface area contributed by atoms with E-state index in [9.17, 15) is 13.2 Å². The Morgan fingerprint density at radius 2 is 1.81 bits per heavy atom. The van der Waals surface area contributed by atoms with Gasteiger partial charge in [0.1, 0.15) is 0 Å². The maximum Gasteiger partial charge on any atom is 0.267 e. The lowest BCUT2D eigenvalue weighted by Crippen LogP contribution is -2.20. The maximum absolute atomic E-state index is 12.2. The van der Waals surface area contributed by atoms with Crippen LogP contribution in [0.1, 0.15) is 0 Å². The zero-order valence-corrected chi connectivity index (χ0v) is 11.5. The summed E-state index contributed by atoms with van der Waals surface area (Å²) in [4.78, 5) is 22.0. The van der Waals surface area contributed by atoms with E-state index in [1.807, 2.05) is 0 Å². The van der Waals surface area contributed by atoms with Gasteiger partial charge in [-0.3, -0.25) is 19.5 Å². The second kappa shape index (κ2) is 4.98. The van der Waals surface area contributed by atoms with Crippen LogP contribution < -0.4 is 10.2 Å². The van der Waals surface area contributed by atoms with Gasteiger partial charge in [0.15, 0.2) is 4.90 Å². The highest BCUT2D eigenvalue weighted by atomic mass is 32.2. The van der Waals surface area contributed by atoms with Crippen LogP contribution in [0.4, 0.5) is 5.69 Å². The van der Waals surface area contributed by atoms with Gasteiger partial charge in [-0.25, -0.2) is 8.42 Å². The minimum absolute atomic E-state index is 0.311. The maximum atomic E-state index is 12.2. The predicted molar refractivity (Wildman–Crippen MR) is 77.4 cm³/mol. The lowest BCUT2D eigenvalue weighted by Gasteiger charge is -2.07. The van der Waals surface area contributed by atoms with Crippen LogP contribution in [0.3, 0.4) is 0 Å². The standard InChI is InChI=1S/C13H10N4O3S/c18-12-3-4-14-8-13(12)21(19,20)17-9-1-2-10-11(7-9)16-6-5-15-10/h1-8,17H,(H,14,18). The van der Waals surface area contributed by atoms with E-state index in [2.05, 4.69) is 19.7 Å². The number of hydrogen-bond acceptors (Lipinski definition) is 5. The van der Waals surface area contributed by atoms with Crippen molar-refractivity contribution in [2.24, 2.45) is 0 Å². The number of sulfonamides is 1. The van der Waals surface area contributed by atoms with E-state index >= 15 is 0 Å². The summed E-state index contributed by atoms with van der Waals surface area (Å²) in [5.41, 5.74) is 0.936. The smallest absolute Gasteiger partial charge is 0.267 e. The summed E-state index contributed by atoms with van der Waals surface area (Å²) in [6.45, 7) is 0. The van der Waals surface area contributed by atoms with E-state index in [-0.39, 0.29) is 4.90 Å². The zero-order valence-electron chi connectivity index (χ0n) is 10.6. The Hall–Kier alpha value is -2.74. The van der Waals surface area contributed by atoms with Crippen molar-refractivity contribution in [1.82, 2.24) is 15.0 Å². The van der Waals surface area contributed by atoms with Gasteiger partial charge in [0.2, 0.25) is 5.43 Å². The van der Waals surface area contributed by atoms with Crippen LogP contribution in [-0.4, -0.2) is 23.4 Å². The number of pyridine rings is 1. The number of nitrogens with one attached hydrogen (secondary N) is 2. The molecule has 0 radical (unpaired) electrons. The molecule has 0 saturated carbocycles. The van der Waals surface area contributed by atoms with Crippen molar-refractivity contribution in [3.05, 3.63) is 59.3 Å². The van der Waals surface area contributed by atoms with Gasteiger partial charge in [0, 0.05) is 30.9 Å². The summed E-state index contributed by atoms with van der Waals surface area (Å²) in [7, 11) is -3.95. The van der Waals surface area contributed by atoms with Crippen LogP contribution in [0.25, 0.3) is 11.0 Å². The van der Waals surface area contributed by atoms with Crippen molar-refractivity contribution >= 4 is 26.7 Å². The third-order valence-electron chi connectivity index (χ3n) is 2.80. The molecular formula is C13H10N4O3S. The summed E-state index contributed by atoms with van der Waals surface area (Å²) in [5, 5.41) is 0. The average molecular weight is 302 g/mol. The second-order valence-corrected chi connectivity index (χ2v) is 5.89. The highest BCUT2D eigenvalue weighted by Gasteiger charge is 2.17.